The van der Waals surface area contributed by atoms with Crippen LogP contribution in [0.2, 0.25) is 0 Å². The fourth-order valence-corrected chi connectivity index (χ4v) is 1.07. The van der Waals surface area contributed by atoms with Gasteiger partial charge in [0.05, 0.1) is 0 Å². The van der Waals surface area contributed by atoms with Crippen LogP contribution in [0, 0.1) is 0 Å². The minimum atomic E-state index is 0.934. The van der Waals surface area contributed by atoms with Crippen LogP contribution >= 0.6 is 11.8 Å². The van der Waals surface area contributed by atoms with E-state index in [4.69, 9.17) is 0 Å². The van der Waals surface area contributed by atoms with Crippen LogP contribution in [0.3, 0.4) is 0 Å². The summed E-state index contributed by atoms with van der Waals surface area (Å²) in [7, 11) is 0. The first-order chi connectivity index (χ1) is 4.85. The average Bonchev–Trinajstić information content (AvgIpc) is 1.98. The van der Waals surface area contributed by atoms with Crippen molar-refractivity contribution in [2.75, 3.05) is 19.3 Å². The number of amidine groups is 1. The van der Waals surface area contributed by atoms with Crippen molar-refractivity contribution in [1.29, 1.82) is 0 Å². The monoisotopic (exact) mass is 160 g/mol. The number of hydrogen-bond acceptors (Lipinski definition) is 2. The number of aliphatic imine (C=N–C) groups is 1. The first kappa shape index (κ1) is 9.82. The summed E-state index contributed by atoms with van der Waals surface area (Å²) in [6.45, 7) is 6.11. The van der Waals surface area contributed by atoms with Crippen LogP contribution < -0.4 is 5.32 Å². The van der Waals surface area contributed by atoms with Crippen LogP contribution in [0.15, 0.2) is 4.99 Å². The predicted molar refractivity (Wildman–Crippen MR) is 49.8 cm³/mol. The van der Waals surface area contributed by atoms with Crippen molar-refractivity contribution in [2.45, 2.75) is 20.3 Å². The van der Waals surface area contributed by atoms with Gasteiger partial charge in [-0.15, -0.1) is 0 Å². The third kappa shape index (κ3) is 4.68. The highest BCUT2D eigenvalue weighted by molar-refractivity contribution is 8.13. The third-order valence-corrected chi connectivity index (χ3v) is 1.66. The van der Waals surface area contributed by atoms with Gasteiger partial charge < -0.3 is 5.32 Å². The van der Waals surface area contributed by atoms with Crippen molar-refractivity contribution in [3.63, 3.8) is 0 Å². The molecule has 0 aromatic carbocycles. The van der Waals surface area contributed by atoms with Crippen LogP contribution in [0.25, 0.3) is 0 Å². The Kier molecular flexibility index (Phi) is 6.81. The smallest absolute Gasteiger partial charge is 0.156 e. The molecular formula is C7H16N2S. The third-order valence-electron chi connectivity index (χ3n) is 1.00. The van der Waals surface area contributed by atoms with E-state index in [1.165, 1.54) is 0 Å². The number of nitrogens with zero attached hydrogens (tertiary/aromatic N) is 1. The SMILES string of the molecule is CCCN=C(NCC)SC. The Hall–Kier alpha value is -0.180. The summed E-state index contributed by atoms with van der Waals surface area (Å²) in [6, 6.07) is 0. The standard InChI is InChI=1S/C7H16N2S/c1-4-6-9-7(10-3)8-5-2/h4-6H2,1-3H3,(H,8,9). The summed E-state index contributed by atoms with van der Waals surface area (Å²) in [6.07, 6.45) is 3.16. The summed E-state index contributed by atoms with van der Waals surface area (Å²) in [4.78, 5) is 4.32. The molecule has 0 fully saturated rings. The lowest BCUT2D eigenvalue weighted by molar-refractivity contribution is 0.907. The number of thioether (sulfide) groups is 1. The highest BCUT2D eigenvalue weighted by Gasteiger charge is 1.90. The molecule has 0 amide bonds. The van der Waals surface area contributed by atoms with Crippen molar-refractivity contribution in [1.82, 2.24) is 5.32 Å². The molecule has 3 heteroatoms. The van der Waals surface area contributed by atoms with Crippen molar-refractivity contribution < 1.29 is 0 Å². The van der Waals surface area contributed by atoms with Gasteiger partial charge in [0.25, 0.3) is 0 Å². The molecule has 0 saturated heterocycles. The zero-order valence-corrected chi connectivity index (χ0v) is 7.79. The Morgan fingerprint density at radius 2 is 2.20 bits per heavy atom. The van der Waals surface area contributed by atoms with Crippen molar-refractivity contribution in [3.8, 4) is 0 Å². The molecule has 0 radical (unpaired) electrons. The highest BCUT2D eigenvalue weighted by atomic mass is 32.2. The van der Waals surface area contributed by atoms with Gasteiger partial charge in [0.1, 0.15) is 0 Å². The van der Waals surface area contributed by atoms with Gasteiger partial charge in [-0.3, -0.25) is 4.99 Å². The molecule has 0 saturated carbocycles. The lowest BCUT2D eigenvalue weighted by Gasteiger charge is -2.02. The Morgan fingerprint density at radius 1 is 1.50 bits per heavy atom. The van der Waals surface area contributed by atoms with Crippen LogP contribution in [0.1, 0.15) is 20.3 Å². The zero-order chi connectivity index (χ0) is 7.82. The van der Waals surface area contributed by atoms with E-state index in [-0.39, 0.29) is 0 Å². The molecule has 0 heterocycles. The molecule has 0 unspecified atom stereocenters. The summed E-state index contributed by atoms with van der Waals surface area (Å²) in [5.41, 5.74) is 0. The van der Waals surface area contributed by atoms with Gasteiger partial charge in [-0.05, 0) is 19.6 Å². The molecule has 0 aliphatic carbocycles. The summed E-state index contributed by atoms with van der Waals surface area (Å²) in [5.74, 6) is 0. The molecule has 0 bridgehead atoms. The van der Waals surface area contributed by atoms with Crippen molar-refractivity contribution >= 4 is 16.9 Å². The molecule has 0 aliphatic rings. The second-order valence-electron chi connectivity index (χ2n) is 1.92. The molecule has 2 nitrogen and oxygen atoms in total. The maximum Gasteiger partial charge on any atom is 0.156 e. The second kappa shape index (κ2) is 6.93. The Bertz CT molecular complexity index is 102. The Morgan fingerprint density at radius 3 is 2.60 bits per heavy atom. The van der Waals surface area contributed by atoms with E-state index in [1.54, 1.807) is 11.8 Å². The molecule has 60 valence electrons. The van der Waals surface area contributed by atoms with Crippen LogP contribution in [-0.4, -0.2) is 24.5 Å². The minimum absolute atomic E-state index is 0.934. The highest BCUT2D eigenvalue weighted by Crippen LogP contribution is 1.94. The molecule has 0 spiro atoms. The van der Waals surface area contributed by atoms with E-state index < -0.39 is 0 Å². The number of hydrogen-bond donors (Lipinski definition) is 1. The predicted octanol–water partition coefficient (Wildman–Crippen LogP) is 1.72. The average molecular weight is 160 g/mol. The molecule has 0 aromatic rings. The van der Waals surface area contributed by atoms with Gasteiger partial charge in [-0.1, -0.05) is 18.7 Å². The second-order valence-corrected chi connectivity index (χ2v) is 2.72. The Balaban J connectivity index is 3.55. The quantitative estimate of drug-likeness (QED) is 0.502. The summed E-state index contributed by atoms with van der Waals surface area (Å²) < 4.78 is 0. The maximum atomic E-state index is 4.32. The van der Waals surface area contributed by atoms with Gasteiger partial charge in [-0.25, -0.2) is 0 Å². The first-order valence-corrected chi connectivity index (χ1v) is 4.89. The number of nitrogens with one attached hydrogen (secondary N) is 1. The lowest BCUT2D eigenvalue weighted by Crippen LogP contribution is -2.19. The molecule has 0 atom stereocenters. The van der Waals surface area contributed by atoms with E-state index >= 15 is 0 Å². The van der Waals surface area contributed by atoms with Gasteiger partial charge in [0.15, 0.2) is 5.17 Å². The van der Waals surface area contributed by atoms with E-state index in [9.17, 15) is 0 Å². The molecule has 0 aliphatic heterocycles. The lowest BCUT2D eigenvalue weighted by atomic mass is 10.5. The van der Waals surface area contributed by atoms with E-state index in [2.05, 4.69) is 24.2 Å². The molecule has 10 heavy (non-hydrogen) atoms. The molecule has 0 rings (SSSR count). The first-order valence-electron chi connectivity index (χ1n) is 3.67. The molecule has 1 N–H and O–H groups in total. The Labute approximate surface area is 67.5 Å². The van der Waals surface area contributed by atoms with E-state index in [0.29, 0.717) is 0 Å². The molecule has 0 aromatic heterocycles. The minimum Gasteiger partial charge on any atom is -0.365 e. The van der Waals surface area contributed by atoms with Gasteiger partial charge in [0.2, 0.25) is 0 Å². The normalized spacial score (nSPS) is 11.7. The largest absolute Gasteiger partial charge is 0.365 e. The van der Waals surface area contributed by atoms with Crippen LogP contribution in [-0.2, 0) is 0 Å². The van der Waals surface area contributed by atoms with Gasteiger partial charge in [0, 0.05) is 13.1 Å². The topological polar surface area (TPSA) is 24.4 Å². The van der Waals surface area contributed by atoms with Gasteiger partial charge in [-0.2, -0.15) is 0 Å². The summed E-state index contributed by atoms with van der Waals surface area (Å²) >= 11 is 1.67. The number of rotatable bonds is 3. The summed E-state index contributed by atoms with van der Waals surface area (Å²) in [5, 5.41) is 4.24. The maximum absolute atomic E-state index is 4.32. The molecular weight excluding hydrogens is 144 g/mol. The van der Waals surface area contributed by atoms with Gasteiger partial charge >= 0.3 is 0 Å². The van der Waals surface area contributed by atoms with Crippen LogP contribution in [0.5, 0.6) is 0 Å². The fourth-order valence-electron chi connectivity index (χ4n) is 0.557. The van der Waals surface area contributed by atoms with E-state index in [0.717, 1.165) is 24.7 Å². The van der Waals surface area contributed by atoms with E-state index in [1.807, 2.05) is 6.26 Å². The fraction of sp³-hybridized carbons (Fsp3) is 0.857. The van der Waals surface area contributed by atoms with Crippen LogP contribution in [0.4, 0.5) is 0 Å². The van der Waals surface area contributed by atoms with Crippen molar-refractivity contribution in [2.24, 2.45) is 4.99 Å². The van der Waals surface area contributed by atoms with Crippen molar-refractivity contribution in [3.05, 3.63) is 0 Å². The zero-order valence-electron chi connectivity index (χ0n) is 6.98.